The van der Waals surface area contributed by atoms with E-state index in [1.807, 2.05) is 0 Å². The zero-order valence-corrected chi connectivity index (χ0v) is 11.8. The van der Waals surface area contributed by atoms with Gasteiger partial charge in [0.2, 0.25) is 0 Å². The summed E-state index contributed by atoms with van der Waals surface area (Å²) in [5.74, 6) is -0.447. The van der Waals surface area contributed by atoms with Crippen molar-refractivity contribution in [1.29, 1.82) is 0 Å². The number of esters is 1. The summed E-state index contributed by atoms with van der Waals surface area (Å²) in [6, 6.07) is 5.05. The molecule has 0 spiro atoms. The van der Waals surface area contributed by atoms with E-state index in [1.165, 1.54) is 0 Å². The Morgan fingerprint density at radius 3 is 2.95 bits per heavy atom. The molecule has 0 fully saturated rings. The maximum atomic E-state index is 11.7. The number of H-pyrrole nitrogens is 1. The largest absolute Gasteiger partial charge is 0.462 e. The fourth-order valence-electron chi connectivity index (χ4n) is 1.65. The fraction of sp³-hybridized carbons (Fsp3) is 0.231. The molecule has 20 heavy (non-hydrogen) atoms. The topological polar surface area (TPSA) is 97.2 Å². The first-order chi connectivity index (χ1) is 9.60. The molecule has 1 heterocycles. The lowest BCUT2D eigenvalue weighted by molar-refractivity contribution is 0.0527. The highest BCUT2D eigenvalue weighted by atomic mass is 32.1. The number of nitrogens with one attached hydrogen (secondary N) is 2. The molecule has 0 unspecified atom stereocenters. The van der Waals surface area contributed by atoms with E-state index in [9.17, 15) is 9.59 Å². The fourth-order valence-corrected chi connectivity index (χ4v) is 2.23. The monoisotopic (exact) mass is 293 g/mol. The minimum Gasteiger partial charge on any atom is -0.462 e. The van der Waals surface area contributed by atoms with Crippen LogP contribution < -0.4 is 15.9 Å². The molecule has 106 valence electrons. The third-order valence-electron chi connectivity index (χ3n) is 2.60. The Balaban J connectivity index is 2.10. The van der Waals surface area contributed by atoms with Gasteiger partial charge < -0.3 is 20.8 Å². The summed E-state index contributed by atoms with van der Waals surface area (Å²) in [4.78, 5) is 25.3. The van der Waals surface area contributed by atoms with Gasteiger partial charge >= 0.3 is 10.8 Å². The molecule has 2 aromatic rings. The van der Waals surface area contributed by atoms with Crippen molar-refractivity contribution in [3.8, 4) is 0 Å². The van der Waals surface area contributed by atoms with Crippen LogP contribution in [-0.2, 0) is 11.3 Å². The van der Waals surface area contributed by atoms with E-state index in [0.29, 0.717) is 24.4 Å². The highest BCUT2D eigenvalue weighted by molar-refractivity contribution is 7.07. The van der Waals surface area contributed by atoms with Crippen LogP contribution in [-0.4, -0.2) is 17.6 Å². The van der Waals surface area contributed by atoms with Crippen LogP contribution in [0.15, 0.2) is 28.4 Å². The number of hydrogen-bond donors (Lipinski definition) is 3. The second-order valence-electron chi connectivity index (χ2n) is 4.05. The standard InChI is InChI=1S/C13H15N3O3S/c1-2-19-12(17)10-5-8(3-4-11(10)14)15-6-9-7-20-13(18)16-9/h3-5,7,15H,2,6,14H2,1H3,(H,16,18). The molecule has 4 N–H and O–H groups in total. The lowest BCUT2D eigenvalue weighted by atomic mass is 10.1. The second-order valence-corrected chi connectivity index (χ2v) is 4.89. The first-order valence-corrected chi connectivity index (χ1v) is 6.95. The molecule has 0 aliphatic rings. The summed E-state index contributed by atoms with van der Waals surface area (Å²) in [6.07, 6.45) is 0. The summed E-state index contributed by atoms with van der Waals surface area (Å²) < 4.78 is 4.94. The van der Waals surface area contributed by atoms with Crippen LogP contribution in [0.5, 0.6) is 0 Å². The quantitative estimate of drug-likeness (QED) is 0.577. The lowest BCUT2D eigenvalue weighted by Crippen LogP contribution is -2.09. The summed E-state index contributed by atoms with van der Waals surface area (Å²) in [6.45, 7) is 2.50. The molecule has 0 amide bonds. The Hall–Kier alpha value is -2.28. The summed E-state index contributed by atoms with van der Waals surface area (Å²) >= 11 is 1.11. The van der Waals surface area contributed by atoms with Gasteiger partial charge in [-0.3, -0.25) is 4.79 Å². The zero-order valence-electron chi connectivity index (χ0n) is 10.9. The maximum Gasteiger partial charge on any atom is 0.340 e. The minimum atomic E-state index is -0.447. The van der Waals surface area contributed by atoms with Crippen molar-refractivity contribution in [2.45, 2.75) is 13.5 Å². The van der Waals surface area contributed by atoms with E-state index in [4.69, 9.17) is 10.5 Å². The first-order valence-electron chi connectivity index (χ1n) is 6.07. The third-order valence-corrected chi connectivity index (χ3v) is 3.32. The Bertz CT molecular complexity index is 663. The zero-order chi connectivity index (χ0) is 14.5. The van der Waals surface area contributed by atoms with Crippen molar-refractivity contribution in [1.82, 2.24) is 4.98 Å². The second kappa shape index (κ2) is 6.25. The summed E-state index contributed by atoms with van der Waals surface area (Å²) in [5, 5.41) is 4.86. The van der Waals surface area contributed by atoms with E-state index >= 15 is 0 Å². The molecule has 2 rings (SSSR count). The molecule has 0 aliphatic carbocycles. The van der Waals surface area contributed by atoms with Crippen molar-refractivity contribution < 1.29 is 9.53 Å². The number of hydrogen-bond acceptors (Lipinski definition) is 6. The molecule has 1 aromatic carbocycles. The van der Waals surface area contributed by atoms with Crippen LogP contribution in [0.3, 0.4) is 0 Å². The Kier molecular flexibility index (Phi) is 4.41. The lowest BCUT2D eigenvalue weighted by Gasteiger charge is -2.09. The molecule has 0 atom stereocenters. The van der Waals surface area contributed by atoms with Gasteiger partial charge in [-0.25, -0.2) is 4.79 Å². The molecule has 0 aliphatic heterocycles. The van der Waals surface area contributed by atoms with Gasteiger partial charge in [0.15, 0.2) is 0 Å². The number of thiazole rings is 1. The molecule has 7 heteroatoms. The van der Waals surface area contributed by atoms with Crippen molar-refractivity contribution in [2.75, 3.05) is 17.7 Å². The average molecular weight is 293 g/mol. The Morgan fingerprint density at radius 2 is 2.30 bits per heavy atom. The van der Waals surface area contributed by atoms with Crippen LogP contribution in [0.4, 0.5) is 11.4 Å². The SMILES string of the molecule is CCOC(=O)c1cc(NCc2csc(=O)[nH]2)ccc1N. The van der Waals surface area contributed by atoms with Gasteiger partial charge in [-0.1, -0.05) is 11.3 Å². The Labute approximate surface area is 119 Å². The number of nitrogens with two attached hydrogens (primary N) is 1. The van der Waals surface area contributed by atoms with E-state index in [0.717, 1.165) is 22.7 Å². The number of ether oxygens (including phenoxy) is 1. The molecule has 0 saturated heterocycles. The molecular weight excluding hydrogens is 278 g/mol. The average Bonchev–Trinajstić information content (AvgIpc) is 2.84. The molecule has 0 radical (unpaired) electrons. The van der Waals surface area contributed by atoms with Gasteiger partial charge in [0, 0.05) is 22.4 Å². The van der Waals surface area contributed by atoms with Crippen LogP contribution in [0.2, 0.25) is 0 Å². The number of anilines is 2. The predicted molar refractivity (Wildman–Crippen MR) is 79.1 cm³/mol. The van der Waals surface area contributed by atoms with Crippen molar-refractivity contribution in [3.63, 3.8) is 0 Å². The number of aromatic nitrogens is 1. The van der Waals surface area contributed by atoms with Gasteiger partial charge in [-0.05, 0) is 25.1 Å². The van der Waals surface area contributed by atoms with Gasteiger partial charge in [0.1, 0.15) is 0 Å². The first kappa shape index (κ1) is 14.1. The predicted octanol–water partition coefficient (Wildman–Crippen LogP) is 1.81. The van der Waals surface area contributed by atoms with Gasteiger partial charge in [-0.2, -0.15) is 0 Å². The van der Waals surface area contributed by atoms with E-state index < -0.39 is 5.97 Å². The van der Waals surface area contributed by atoms with Crippen LogP contribution in [0.1, 0.15) is 23.0 Å². The number of nitrogen functional groups attached to an aromatic ring is 1. The molecule has 1 aromatic heterocycles. The summed E-state index contributed by atoms with van der Waals surface area (Å²) in [5.41, 5.74) is 7.98. The highest BCUT2D eigenvalue weighted by Gasteiger charge is 2.11. The summed E-state index contributed by atoms with van der Waals surface area (Å²) in [7, 11) is 0. The van der Waals surface area contributed by atoms with Gasteiger partial charge in [-0.15, -0.1) is 0 Å². The minimum absolute atomic E-state index is 0.0914. The molecule has 0 saturated carbocycles. The van der Waals surface area contributed by atoms with E-state index in [1.54, 1.807) is 30.5 Å². The number of rotatable bonds is 5. The van der Waals surface area contributed by atoms with Crippen LogP contribution in [0, 0.1) is 0 Å². The van der Waals surface area contributed by atoms with Crippen molar-refractivity contribution in [2.24, 2.45) is 0 Å². The number of carbonyl (C=O) groups is 1. The molecule has 6 nitrogen and oxygen atoms in total. The van der Waals surface area contributed by atoms with Crippen LogP contribution >= 0.6 is 11.3 Å². The smallest absolute Gasteiger partial charge is 0.340 e. The van der Waals surface area contributed by atoms with Gasteiger partial charge in [0.25, 0.3) is 0 Å². The molecular formula is C13H15N3O3S. The van der Waals surface area contributed by atoms with Crippen molar-refractivity contribution >= 4 is 28.7 Å². The number of aromatic amines is 1. The third kappa shape index (κ3) is 3.39. The number of carbonyl (C=O) groups excluding carboxylic acids is 1. The Morgan fingerprint density at radius 1 is 1.50 bits per heavy atom. The van der Waals surface area contributed by atoms with Gasteiger partial charge in [0.05, 0.1) is 18.7 Å². The normalized spacial score (nSPS) is 10.2. The van der Waals surface area contributed by atoms with E-state index in [2.05, 4.69) is 10.3 Å². The maximum absolute atomic E-state index is 11.7. The van der Waals surface area contributed by atoms with E-state index in [-0.39, 0.29) is 4.87 Å². The molecule has 0 bridgehead atoms. The van der Waals surface area contributed by atoms with Crippen molar-refractivity contribution in [3.05, 3.63) is 44.5 Å². The highest BCUT2D eigenvalue weighted by Crippen LogP contribution is 2.19. The van der Waals surface area contributed by atoms with Crippen LogP contribution in [0.25, 0.3) is 0 Å². The number of benzene rings is 1.